The summed E-state index contributed by atoms with van der Waals surface area (Å²) in [4.78, 5) is 18.1. The zero-order valence-corrected chi connectivity index (χ0v) is 10.9. The van der Waals surface area contributed by atoms with Gasteiger partial charge >= 0.3 is 0 Å². The molecule has 2 rings (SSSR count). The number of aromatic nitrogens is 1. The highest BCUT2D eigenvalue weighted by Gasteiger charge is 2.25. The van der Waals surface area contributed by atoms with Crippen molar-refractivity contribution >= 4 is 5.91 Å². The molecule has 0 aromatic carbocycles. The first kappa shape index (κ1) is 13.0. The number of carbonyl (C=O) groups excluding carboxylic acids is 1. The maximum Gasteiger partial charge on any atom is 0.222 e. The Kier molecular flexibility index (Phi) is 4.31. The van der Waals surface area contributed by atoms with E-state index < -0.39 is 0 Å². The summed E-state index contributed by atoms with van der Waals surface area (Å²) in [5.41, 5.74) is 7.08. The second-order valence-electron chi connectivity index (χ2n) is 5.13. The van der Waals surface area contributed by atoms with E-state index in [1.165, 1.54) is 0 Å². The van der Waals surface area contributed by atoms with E-state index in [0.29, 0.717) is 12.3 Å². The van der Waals surface area contributed by atoms with Crippen molar-refractivity contribution in [3.05, 3.63) is 30.1 Å². The van der Waals surface area contributed by atoms with Gasteiger partial charge in [0, 0.05) is 37.9 Å². The van der Waals surface area contributed by atoms with Gasteiger partial charge in [0.15, 0.2) is 0 Å². The topological polar surface area (TPSA) is 59.2 Å². The zero-order valence-electron chi connectivity index (χ0n) is 10.9. The van der Waals surface area contributed by atoms with E-state index in [4.69, 9.17) is 5.73 Å². The lowest BCUT2D eigenvalue weighted by molar-refractivity contribution is -0.133. The predicted molar refractivity (Wildman–Crippen MR) is 70.9 cm³/mol. The molecule has 1 aromatic heterocycles. The van der Waals surface area contributed by atoms with Crippen LogP contribution in [0.3, 0.4) is 0 Å². The van der Waals surface area contributed by atoms with Crippen molar-refractivity contribution in [2.24, 2.45) is 11.7 Å². The van der Waals surface area contributed by atoms with Crippen LogP contribution in [0.4, 0.5) is 0 Å². The normalized spacial score (nSPS) is 24.0. The van der Waals surface area contributed by atoms with E-state index >= 15 is 0 Å². The van der Waals surface area contributed by atoms with Gasteiger partial charge in [-0.3, -0.25) is 9.78 Å². The summed E-state index contributed by atoms with van der Waals surface area (Å²) in [7, 11) is 0. The SMILES string of the molecule is CC1CN(C(=O)CCc2cccnc2)CCC1N. The smallest absolute Gasteiger partial charge is 0.222 e. The Hall–Kier alpha value is -1.42. The molecule has 0 radical (unpaired) electrons. The number of nitrogens with zero attached hydrogens (tertiary/aromatic N) is 2. The Morgan fingerprint density at radius 2 is 2.44 bits per heavy atom. The quantitative estimate of drug-likeness (QED) is 0.873. The average Bonchev–Trinajstić information content (AvgIpc) is 2.40. The van der Waals surface area contributed by atoms with Crippen molar-refractivity contribution in [1.82, 2.24) is 9.88 Å². The molecule has 1 saturated heterocycles. The minimum atomic E-state index is 0.234. The van der Waals surface area contributed by atoms with Crippen LogP contribution in [0.25, 0.3) is 0 Å². The lowest BCUT2D eigenvalue weighted by Gasteiger charge is -2.35. The molecule has 0 aliphatic carbocycles. The van der Waals surface area contributed by atoms with Gasteiger partial charge in [-0.2, -0.15) is 0 Å². The van der Waals surface area contributed by atoms with Crippen molar-refractivity contribution in [2.45, 2.75) is 32.2 Å². The molecule has 18 heavy (non-hydrogen) atoms. The largest absolute Gasteiger partial charge is 0.342 e. The highest BCUT2D eigenvalue weighted by Crippen LogP contribution is 2.16. The Bertz CT molecular complexity index is 393. The summed E-state index contributed by atoms with van der Waals surface area (Å²) in [6, 6.07) is 4.16. The fraction of sp³-hybridized carbons (Fsp3) is 0.571. The highest BCUT2D eigenvalue weighted by molar-refractivity contribution is 5.76. The molecule has 2 N–H and O–H groups in total. The number of amides is 1. The number of nitrogens with two attached hydrogens (primary N) is 1. The molecule has 2 atom stereocenters. The number of rotatable bonds is 3. The molecule has 98 valence electrons. The molecule has 0 bridgehead atoms. The van der Waals surface area contributed by atoms with Gasteiger partial charge in [0.25, 0.3) is 0 Å². The minimum absolute atomic E-state index is 0.234. The molecule has 1 fully saturated rings. The summed E-state index contributed by atoms with van der Waals surface area (Å²) >= 11 is 0. The van der Waals surface area contributed by atoms with Crippen LogP contribution < -0.4 is 5.73 Å². The first-order valence-corrected chi connectivity index (χ1v) is 6.59. The van der Waals surface area contributed by atoms with Crippen LogP contribution in [0, 0.1) is 5.92 Å². The number of carbonyl (C=O) groups is 1. The van der Waals surface area contributed by atoms with E-state index in [-0.39, 0.29) is 11.9 Å². The van der Waals surface area contributed by atoms with Crippen LogP contribution in [0.5, 0.6) is 0 Å². The molecule has 2 heterocycles. The van der Waals surface area contributed by atoms with E-state index in [1.54, 1.807) is 6.20 Å². The average molecular weight is 247 g/mol. The maximum absolute atomic E-state index is 12.1. The Balaban J connectivity index is 1.82. The summed E-state index contributed by atoms with van der Waals surface area (Å²) in [6.45, 7) is 3.72. The molecular formula is C14H21N3O. The number of piperidine rings is 1. The van der Waals surface area contributed by atoms with Crippen LogP contribution >= 0.6 is 0 Å². The first-order valence-electron chi connectivity index (χ1n) is 6.59. The van der Waals surface area contributed by atoms with Crippen LogP contribution in [-0.4, -0.2) is 34.9 Å². The van der Waals surface area contributed by atoms with Crippen molar-refractivity contribution in [3.63, 3.8) is 0 Å². The fourth-order valence-electron chi connectivity index (χ4n) is 2.35. The Labute approximate surface area is 108 Å². The summed E-state index contributed by atoms with van der Waals surface area (Å²) < 4.78 is 0. The van der Waals surface area contributed by atoms with Crippen molar-refractivity contribution in [2.75, 3.05) is 13.1 Å². The standard InChI is InChI=1S/C14H21N3O/c1-11-10-17(8-6-13(11)15)14(18)5-4-12-3-2-7-16-9-12/h2-3,7,9,11,13H,4-6,8,10,15H2,1H3. The van der Waals surface area contributed by atoms with Gasteiger partial charge in [0.05, 0.1) is 0 Å². The molecule has 2 unspecified atom stereocenters. The van der Waals surface area contributed by atoms with E-state index in [9.17, 15) is 4.79 Å². The zero-order chi connectivity index (χ0) is 13.0. The van der Waals surface area contributed by atoms with Gasteiger partial charge in [-0.1, -0.05) is 13.0 Å². The fourth-order valence-corrected chi connectivity index (χ4v) is 2.35. The molecule has 0 saturated carbocycles. The summed E-state index contributed by atoms with van der Waals surface area (Å²) in [5, 5.41) is 0. The van der Waals surface area contributed by atoms with Crippen LogP contribution in [0.15, 0.2) is 24.5 Å². The monoisotopic (exact) mass is 247 g/mol. The Morgan fingerprint density at radius 3 is 3.11 bits per heavy atom. The Morgan fingerprint density at radius 1 is 1.61 bits per heavy atom. The number of hydrogen-bond acceptors (Lipinski definition) is 3. The van der Waals surface area contributed by atoms with Crippen LogP contribution in [0.1, 0.15) is 25.3 Å². The molecule has 4 heteroatoms. The number of aryl methyl sites for hydroxylation is 1. The number of hydrogen-bond donors (Lipinski definition) is 1. The van der Waals surface area contributed by atoms with Crippen molar-refractivity contribution in [1.29, 1.82) is 0 Å². The second kappa shape index (κ2) is 5.96. The van der Waals surface area contributed by atoms with E-state index in [1.807, 2.05) is 23.2 Å². The molecule has 0 spiro atoms. The first-order chi connectivity index (χ1) is 8.66. The maximum atomic E-state index is 12.1. The van der Waals surface area contributed by atoms with E-state index in [2.05, 4.69) is 11.9 Å². The van der Waals surface area contributed by atoms with Crippen LogP contribution in [0.2, 0.25) is 0 Å². The van der Waals surface area contributed by atoms with Gasteiger partial charge in [0.2, 0.25) is 5.91 Å². The van der Waals surface area contributed by atoms with Gasteiger partial charge < -0.3 is 10.6 Å². The predicted octanol–water partition coefficient (Wildman–Crippen LogP) is 1.21. The lowest BCUT2D eigenvalue weighted by atomic mass is 9.94. The van der Waals surface area contributed by atoms with Crippen molar-refractivity contribution in [3.8, 4) is 0 Å². The minimum Gasteiger partial charge on any atom is -0.342 e. The van der Waals surface area contributed by atoms with Gasteiger partial charge in [-0.25, -0.2) is 0 Å². The molecular weight excluding hydrogens is 226 g/mol. The third-order valence-electron chi connectivity index (χ3n) is 3.67. The number of pyridine rings is 1. The third kappa shape index (κ3) is 3.29. The lowest BCUT2D eigenvalue weighted by Crippen LogP contribution is -2.48. The van der Waals surface area contributed by atoms with Gasteiger partial charge in [0.1, 0.15) is 0 Å². The third-order valence-corrected chi connectivity index (χ3v) is 3.67. The summed E-state index contributed by atoms with van der Waals surface area (Å²) in [6.07, 6.45) is 5.82. The second-order valence-corrected chi connectivity index (χ2v) is 5.13. The summed E-state index contributed by atoms with van der Waals surface area (Å²) in [5.74, 6) is 0.638. The number of likely N-dealkylation sites (tertiary alicyclic amines) is 1. The van der Waals surface area contributed by atoms with Crippen molar-refractivity contribution < 1.29 is 4.79 Å². The molecule has 1 aliphatic heterocycles. The van der Waals surface area contributed by atoms with Gasteiger partial charge in [-0.05, 0) is 30.4 Å². The molecule has 1 aliphatic rings. The molecule has 1 aromatic rings. The van der Waals surface area contributed by atoms with Gasteiger partial charge in [-0.15, -0.1) is 0 Å². The highest BCUT2D eigenvalue weighted by atomic mass is 16.2. The molecule has 1 amide bonds. The van der Waals surface area contributed by atoms with Crippen LogP contribution in [-0.2, 0) is 11.2 Å². The van der Waals surface area contributed by atoms with E-state index in [0.717, 1.165) is 31.5 Å². The molecule has 4 nitrogen and oxygen atoms in total.